The SMILES string of the molecule is O=C(C1CSC1)N1CCCC1c1nn[nH]n1. The van der Waals surface area contributed by atoms with Crippen molar-refractivity contribution in [3.8, 4) is 0 Å². The van der Waals surface area contributed by atoms with Crippen LogP contribution in [0.1, 0.15) is 24.7 Å². The van der Waals surface area contributed by atoms with E-state index in [1.807, 2.05) is 16.7 Å². The second-order valence-corrected chi connectivity index (χ2v) is 5.27. The summed E-state index contributed by atoms with van der Waals surface area (Å²) in [5.74, 6) is 3.07. The summed E-state index contributed by atoms with van der Waals surface area (Å²) in [5.41, 5.74) is 0. The Hall–Kier alpha value is -1.11. The molecule has 1 atom stereocenters. The number of thioether (sulfide) groups is 1. The van der Waals surface area contributed by atoms with Gasteiger partial charge in [0.25, 0.3) is 0 Å². The lowest BCUT2D eigenvalue weighted by molar-refractivity contribution is -0.135. The largest absolute Gasteiger partial charge is 0.332 e. The highest BCUT2D eigenvalue weighted by atomic mass is 32.2. The van der Waals surface area contributed by atoms with E-state index in [9.17, 15) is 4.79 Å². The fraction of sp³-hybridized carbons (Fsp3) is 0.778. The molecule has 1 unspecified atom stereocenters. The molecule has 2 saturated heterocycles. The monoisotopic (exact) mass is 239 g/mol. The van der Waals surface area contributed by atoms with Gasteiger partial charge < -0.3 is 4.90 Å². The molecular weight excluding hydrogens is 226 g/mol. The van der Waals surface area contributed by atoms with E-state index in [1.54, 1.807) is 0 Å². The van der Waals surface area contributed by atoms with Crippen LogP contribution in [0, 0.1) is 5.92 Å². The summed E-state index contributed by atoms with van der Waals surface area (Å²) in [7, 11) is 0. The molecule has 3 rings (SSSR count). The van der Waals surface area contributed by atoms with Crippen LogP contribution in [-0.2, 0) is 4.79 Å². The maximum Gasteiger partial charge on any atom is 0.227 e. The minimum atomic E-state index is 0.0387. The number of hydrogen-bond donors (Lipinski definition) is 1. The number of likely N-dealkylation sites (tertiary alicyclic amines) is 1. The van der Waals surface area contributed by atoms with Gasteiger partial charge in [-0.3, -0.25) is 4.79 Å². The van der Waals surface area contributed by atoms with Crippen molar-refractivity contribution >= 4 is 17.7 Å². The first kappa shape index (κ1) is 10.1. The number of nitrogens with zero attached hydrogens (tertiary/aromatic N) is 4. The van der Waals surface area contributed by atoms with Crippen LogP contribution in [-0.4, -0.2) is 49.5 Å². The first-order valence-corrected chi connectivity index (χ1v) is 6.63. The maximum atomic E-state index is 12.2. The summed E-state index contributed by atoms with van der Waals surface area (Å²) in [6.07, 6.45) is 1.98. The van der Waals surface area contributed by atoms with Crippen LogP contribution in [0.2, 0.25) is 0 Å². The third-order valence-electron chi connectivity index (χ3n) is 3.18. The smallest absolute Gasteiger partial charge is 0.227 e. The van der Waals surface area contributed by atoms with Gasteiger partial charge in [-0.25, -0.2) is 0 Å². The molecule has 0 bridgehead atoms. The molecule has 1 aromatic rings. The highest BCUT2D eigenvalue weighted by molar-refractivity contribution is 8.00. The van der Waals surface area contributed by atoms with Gasteiger partial charge in [0, 0.05) is 18.1 Å². The molecular formula is C9H13N5OS. The predicted molar refractivity (Wildman–Crippen MR) is 58.7 cm³/mol. The van der Waals surface area contributed by atoms with Crippen LogP contribution in [0.3, 0.4) is 0 Å². The number of nitrogens with one attached hydrogen (secondary N) is 1. The highest BCUT2D eigenvalue weighted by Gasteiger charge is 2.38. The van der Waals surface area contributed by atoms with Crippen molar-refractivity contribution in [2.75, 3.05) is 18.1 Å². The fourth-order valence-electron chi connectivity index (χ4n) is 2.22. The van der Waals surface area contributed by atoms with Crippen LogP contribution >= 0.6 is 11.8 Å². The standard InChI is InChI=1S/C9H13N5OS/c15-9(6-4-16-5-6)14-3-1-2-7(14)8-10-12-13-11-8/h6-7H,1-5H2,(H,10,11,12,13). The Morgan fingerprint density at radius 3 is 3.00 bits per heavy atom. The third kappa shape index (κ3) is 1.59. The molecule has 6 nitrogen and oxygen atoms in total. The topological polar surface area (TPSA) is 74.8 Å². The number of tetrazole rings is 1. The predicted octanol–water partition coefficient (Wildman–Crippen LogP) is 0.226. The lowest BCUT2D eigenvalue weighted by Gasteiger charge is -2.31. The molecule has 0 spiro atoms. The number of carbonyl (C=O) groups is 1. The zero-order valence-electron chi connectivity index (χ0n) is 8.80. The van der Waals surface area contributed by atoms with E-state index in [4.69, 9.17) is 0 Å². The minimum absolute atomic E-state index is 0.0387. The van der Waals surface area contributed by atoms with Gasteiger partial charge in [0.05, 0.1) is 12.0 Å². The number of hydrogen-bond acceptors (Lipinski definition) is 5. The lowest BCUT2D eigenvalue weighted by Crippen LogP contribution is -2.41. The highest BCUT2D eigenvalue weighted by Crippen LogP contribution is 2.34. The molecule has 2 aliphatic rings. The second-order valence-electron chi connectivity index (χ2n) is 4.19. The number of aromatic nitrogens is 4. The van der Waals surface area contributed by atoms with Gasteiger partial charge in [-0.2, -0.15) is 17.0 Å². The van der Waals surface area contributed by atoms with Gasteiger partial charge in [0.1, 0.15) is 0 Å². The van der Waals surface area contributed by atoms with Crippen molar-refractivity contribution in [1.29, 1.82) is 0 Å². The van der Waals surface area contributed by atoms with Gasteiger partial charge >= 0.3 is 0 Å². The van der Waals surface area contributed by atoms with Gasteiger partial charge in [0.15, 0.2) is 5.82 Å². The van der Waals surface area contributed by atoms with E-state index in [0.29, 0.717) is 5.82 Å². The third-order valence-corrected chi connectivity index (χ3v) is 4.46. The van der Waals surface area contributed by atoms with Crippen molar-refractivity contribution in [3.05, 3.63) is 5.82 Å². The molecule has 16 heavy (non-hydrogen) atoms. The molecule has 0 aliphatic carbocycles. The summed E-state index contributed by atoms with van der Waals surface area (Å²) >= 11 is 1.83. The molecule has 7 heteroatoms. The Balaban J connectivity index is 1.76. The Labute approximate surface area is 97.2 Å². The normalized spacial score (nSPS) is 25.8. The van der Waals surface area contributed by atoms with E-state index in [2.05, 4.69) is 20.6 Å². The summed E-state index contributed by atoms with van der Waals surface area (Å²) in [4.78, 5) is 14.1. The number of amides is 1. The van der Waals surface area contributed by atoms with Crippen LogP contribution in [0.25, 0.3) is 0 Å². The van der Waals surface area contributed by atoms with E-state index in [1.165, 1.54) is 0 Å². The summed E-state index contributed by atoms with van der Waals surface area (Å²) < 4.78 is 0. The minimum Gasteiger partial charge on any atom is -0.332 e. The van der Waals surface area contributed by atoms with E-state index >= 15 is 0 Å². The van der Waals surface area contributed by atoms with Crippen molar-refractivity contribution in [3.63, 3.8) is 0 Å². The zero-order chi connectivity index (χ0) is 11.0. The van der Waals surface area contributed by atoms with E-state index in [0.717, 1.165) is 30.9 Å². The average molecular weight is 239 g/mol. The molecule has 1 amide bonds. The van der Waals surface area contributed by atoms with Gasteiger partial charge in [0.2, 0.25) is 5.91 Å². The first-order valence-electron chi connectivity index (χ1n) is 5.48. The number of aromatic amines is 1. The quantitative estimate of drug-likeness (QED) is 0.799. The first-order chi connectivity index (χ1) is 7.86. The summed E-state index contributed by atoms with van der Waals surface area (Å²) in [6.45, 7) is 0.833. The molecule has 0 saturated carbocycles. The fourth-order valence-corrected chi connectivity index (χ4v) is 2.98. The maximum absolute atomic E-state index is 12.2. The van der Waals surface area contributed by atoms with Crippen molar-refractivity contribution in [2.45, 2.75) is 18.9 Å². The molecule has 3 heterocycles. The molecule has 1 N–H and O–H groups in total. The van der Waals surface area contributed by atoms with Gasteiger partial charge in [-0.15, -0.1) is 10.2 Å². The number of H-pyrrole nitrogens is 1. The zero-order valence-corrected chi connectivity index (χ0v) is 9.61. The van der Waals surface area contributed by atoms with Crippen LogP contribution in [0.15, 0.2) is 0 Å². The molecule has 2 fully saturated rings. The van der Waals surface area contributed by atoms with Gasteiger partial charge in [-0.05, 0) is 12.8 Å². The molecule has 0 aromatic carbocycles. The second kappa shape index (κ2) is 4.04. The Morgan fingerprint density at radius 1 is 1.50 bits per heavy atom. The van der Waals surface area contributed by atoms with E-state index < -0.39 is 0 Å². The molecule has 0 radical (unpaired) electrons. The molecule has 1 aromatic heterocycles. The van der Waals surface area contributed by atoms with Crippen LogP contribution in [0.5, 0.6) is 0 Å². The van der Waals surface area contributed by atoms with Crippen molar-refractivity contribution in [1.82, 2.24) is 25.5 Å². The van der Waals surface area contributed by atoms with E-state index in [-0.39, 0.29) is 17.9 Å². The number of rotatable bonds is 2. The van der Waals surface area contributed by atoms with Crippen LogP contribution in [0.4, 0.5) is 0 Å². The van der Waals surface area contributed by atoms with Gasteiger partial charge in [-0.1, -0.05) is 5.21 Å². The summed E-state index contributed by atoms with van der Waals surface area (Å²) in [5, 5.41) is 14.0. The van der Waals surface area contributed by atoms with Crippen LogP contribution < -0.4 is 0 Å². The summed E-state index contributed by atoms with van der Waals surface area (Å²) in [6, 6.07) is 0.0387. The molecule has 2 aliphatic heterocycles. The Kier molecular flexibility index (Phi) is 2.55. The van der Waals surface area contributed by atoms with Crippen molar-refractivity contribution < 1.29 is 4.79 Å². The Bertz CT molecular complexity index is 377. The Morgan fingerprint density at radius 2 is 2.38 bits per heavy atom. The van der Waals surface area contributed by atoms with Crippen molar-refractivity contribution in [2.24, 2.45) is 5.92 Å². The number of carbonyl (C=O) groups excluding carboxylic acids is 1. The average Bonchev–Trinajstić information content (AvgIpc) is 2.85. The molecule has 86 valence electrons. The lowest BCUT2D eigenvalue weighted by atomic mass is 10.1.